The maximum absolute atomic E-state index is 12.8. The van der Waals surface area contributed by atoms with Gasteiger partial charge in [-0.15, -0.1) is 0 Å². The Bertz CT molecular complexity index is 1440. The van der Waals surface area contributed by atoms with E-state index in [1.807, 2.05) is 30.3 Å². The average Bonchev–Trinajstić information content (AvgIpc) is 2.91. The van der Waals surface area contributed by atoms with Crippen molar-refractivity contribution in [1.82, 2.24) is 4.98 Å². The van der Waals surface area contributed by atoms with E-state index in [-0.39, 0.29) is 18.6 Å². The molecule has 0 bridgehead atoms. The van der Waals surface area contributed by atoms with Crippen LogP contribution in [0.1, 0.15) is 22.3 Å². The summed E-state index contributed by atoms with van der Waals surface area (Å²) in [5.74, 6) is -1.70. The molecule has 3 N–H and O–H groups in total. The second kappa shape index (κ2) is 12.4. The first-order chi connectivity index (χ1) is 18.3. The van der Waals surface area contributed by atoms with Crippen molar-refractivity contribution >= 4 is 52.5 Å². The molecule has 1 aromatic heterocycles. The summed E-state index contributed by atoms with van der Waals surface area (Å²) in [5.41, 5.74) is 3.33. The van der Waals surface area contributed by atoms with E-state index in [9.17, 15) is 19.5 Å². The van der Waals surface area contributed by atoms with Crippen molar-refractivity contribution in [2.45, 2.75) is 12.8 Å². The van der Waals surface area contributed by atoms with Gasteiger partial charge in [0.25, 0.3) is 0 Å². The number of anilines is 2. The number of Topliss-reactive ketones (excluding diaryl/α,β-unsaturated/α-hetero) is 1. The zero-order valence-electron chi connectivity index (χ0n) is 20.0. The number of aromatic nitrogens is 1. The van der Waals surface area contributed by atoms with Gasteiger partial charge in [0.05, 0.1) is 16.6 Å². The number of ketones is 1. The molecule has 0 aliphatic carbocycles. The van der Waals surface area contributed by atoms with Crippen LogP contribution >= 0.6 is 23.2 Å². The van der Waals surface area contributed by atoms with Crippen molar-refractivity contribution in [1.29, 1.82) is 0 Å². The van der Waals surface area contributed by atoms with E-state index in [0.717, 1.165) is 16.7 Å². The SMILES string of the molecule is O=C(Nc1ccc(-c2ccc(C(=O)CC(Cc3ccccc3)C(=O)O)cc2)cn1)Nc1ccc(Cl)cc1Cl. The van der Waals surface area contributed by atoms with Gasteiger partial charge in [0.1, 0.15) is 5.82 Å². The maximum atomic E-state index is 12.8. The van der Waals surface area contributed by atoms with Crippen LogP contribution in [0, 0.1) is 5.92 Å². The first-order valence-electron chi connectivity index (χ1n) is 11.7. The highest BCUT2D eigenvalue weighted by atomic mass is 35.5. The van der Waals surface area contributed by atoms with Crippen LogP contribution in [0.4, 0.5) is 16.3 Å². The van der Waals surface area contributed by atoms with Gasteiger partial charge >= 0.3 is 12.0 Å². The molecule has 38 heavy (non-hydrogen) atoms. The zero-order chi connectivity index (χ0) is 27.1. The molecule has 2 amide bonds. The van der Waals surface area contributed by atoms with E-state index >= 15 is 0 Å². The molecule has 1 atom stereocenters. The van der Waals surface area contributed by atoms with Crippen molar-refractivity contribution in [3.63, 3.8) is 0 Å². The Balaban J connectivity index is 1.36. The second-order valence-corrected chi connectivity index (χ2v) is 9.41. The zero-order valence-corrected chi connectivity index (χ0v) is 21.5. The van der Waals surface area contributed by atoms with Crippen LogP contribution in [0.25, 0.3) is 11.1 Å². The number of hydrogen-bond acceptors (Lipinski definition) is 4. The van der Waals surface area contributed by atoms with E-state index < -0.39 is 17.9 Å². The molecule has 0 aliphatic rings. The molecule has 0 spiro atoms. The van der Waals surface area contributed by atoms with Gasteiger partial charge in [-0.05, 0) is 47.9 Å². The third kappa shape index (κ3) is 7.18. The lowest BCUT2D eigenvalue weighted by Crippen LogP contribution is -2.20. The van der Waals surface area contributed by atoms with Crippen LogP contribution in [-0.2, 0) is 11.2 Å². The van der Waals surface area contributed by atoms with Crippen molar-refractivity contribution in [3.05, 3.63) is 112 Å². The number of halogens is 2. The summed E-state index contributed by atoms with van der Waals surface area (Å²) in [6.45, 7) is 0. The van der Waals surface area contributed by atoms with Crippen LogP contribution in [-0.4, -0.2) is 27.9 Å². The Morgan fingerprint density at radius 2 is 1.55 bits per heavy atom. The molecule has 3 aromatic carbocycles. The van der Waals surface area contributed by atoms with Crippen LogP contribution in [0.3, 0.4) is 0 Å². The van der Waals surface area contributed by atoms with Gasteiger partial charge < -0.3 is 10.4 Å². The molecule has 0 aliphatic heterocycles. The third-order valence-electron chi connectivity index (χ3n) is 5.83. The molecule has 0 saturated heterocycles. The van der Waals surface area contributed by atoms with Gasteiger partial charge in [-0.3, -0.25) is 14.9 Å². The fourth-order valence-corrected chi connectivity index (χ4v) is 4.29. The normalized spacial score (nSPS) is 11.4. The van der Waals surface area contributed by atoms with Gasteiger partial charge in [-0.25, -0.2) is 9.78 Å². The number of carbonyl (C=O) groups excluding carboxylic acids is 2. The monoisotopic (exact) mass is 547 g/mol. The quantitative estimate of drug-likeness (QED) is 0.192. The Kier molecular flexibility index (Phi) is 8.73. The highest BCUT2D eigenvalue weighted by Gasteiger charge is 2.22. The highest BCUT2D eigenvalue weighted by Crippen LogP contribution is 2.26. The summed E-state index contributed by atoms with van der Waals surface area (Å²) >= 11 is 11.9. The largest absolute Gasteiger partial charge is 0.481 e. The lowest BCUT2D eigenvalue weighted by atomic mass is 9.92. The minimum atomic E-state index is -0.997. The number of nitrogens with one attached hydrogen (secondary N) is 2. The minimum Gasteiger partial charge on any atom is -0.481 e. The first-order valence-corrected chi connectivity index (χ1v) is 12.4. The predicted octanol–water partition coefficient (Wildman–Crippen LogP) is 7.22. The number of amides is 2. The molecule has 0 fully saturated rings. The molecular weight excluding hydrogens is 525 g/mol. The highest BCUT2D eigenvalue weighted by molar-refractivity contribution is 6.36. The number of pyridine rings is 1. The number of urea groups is 1. The van der Waals surface area contributed by atoms with E-state index in [4.69, 9.17) is 23.2 Å². The molecule has 0 saturated carbocycles. The molecular formula is C29H23Cl2N3O4. The summed E-state index contributed by atoms with van der Waals surface area (Å²) in [7, 11) is 0. The number of rotatable bonds is 9. The standard InChI is InChI=1S/C29H23Cl2N3O4/c30-23-11-12-25(24(31)16-23)33-29(38)34-27-13-10-21(17-32-27)19-6-8-20(9-7-19)26(35)15-22(28(36)37)14-18-4-2-1-3-5-18/h1-13,16-17,22H,14-15H2,(H,36,37)(H2,32,33,34,38). The summed E-state index contributed by atoms with van der Waals surface area (Å²) in [4.78, 5) is 41.0. The Morgan fingerprint density at radius 1 is 0.842 bits per heavy atom. The van der Waals surface area contributed by atoms with Crippen molar-refractivity contribution in [3.8, 4) is 11.1 Å². The lowest BCUT2D eigenvalue weighted by molar-refractivity contribution is -0.141. The molecule has 1 heterocycles. The molecule has 9 heteroatoms. The third-order valence-corrected chi connectivity index (χ3v) is 6.38. The van der Waals surface area contributed by atoms with Crippen LogP contribution in [0.5, 0.6) is 0 Å². The smallest absolute Gasteiger partial charge is 0.324 e. The van der Waals surface area contributed by atoms with Crippen LogP contribution < -0.4 is 10.6 Å². The predicted molar refractivity (Wildman–Crippen MR) is 149 cm³/mol. The number of benzene rings is 3. The number of nitrogens with zero attached hydrogens (tertiary/aromatic N) is 1. The number of hydrogen-bond donors (Lipinski definition) is 3. The molecule has 0 radical (unpaired) electrons. The Hall–Kier alpha value is -4.20. The first kappa shape index (κ1) is 26.9. The number of carbonyl (C=O) groups is 3. The van der Waals surface area contributed by atoms with Crippen molar-refractivity contribution in [2.75, 3.05) is 10.6 Å². The molecule has 4 rings (SSSR count). The number of carboxylic acid groups (broad SMARTS) is 1. The van der Waals surface area contributed by atoms with Gasteiger partial charge in [-0.1, -0.05) is 77.8 Å². The Morgan fingerprint density at radius 3 is 2.18 bits per heavy atom. The average molecular weight is 548 g/mol. The summed E-state index contributed by atoms with van der Waals surface area (Å²) < 4.78 is 0. The fraction of sp³-hybridized carbons (Fsp3) is 0.103. The van der Waals surface area contributed by atoms with Crippen molar-refractivity contribution < 1.29 is 19.5 Å². The van der Waals surface area contributed by atoms with Crippen LogP contribution in [0.15, 0.2) is 91.1 Å². The maximum Gasteiger partial charge on any atom is 0.324 e. The minimum absolute atomic E-state index is 0.0885. The van der Waals surface area contributed by atoms with Crippen molar-refractivity contribution in [2.24, 2.45) is 5.92 Å². The van der Waals surface area contributed by atoms with E-state index in [1.165, 1.54) is 6.07 Å². The van der Waals surface area contributed by atoms with E-state index in [1.54, 1.807) is 54.7 Å². The van der Waals surface area contributed by atoms with E-state index in [2.05, 4.69) is 15.6 Å². The van der Waals surface area contributed by atoms with Crippen LogP contribution in [0.2, 0.25) is 10.0 Å². The van der Waals surface area contributed by atoms with Gasteiger partial charge in [0.2, 0.25) is 0 Å². The molecule has 192 valence electrons. The van der Waals surface area contributed by atoms with Gasteiger partial charge in [0, 0.05) is 28.8 Å². The molecule has 4 aromatic rings. The number of aliphatic carboxylic acids is 1. The summed E-state index contributed by atoms with van der Waals surface area (Å²) in [6.07, 6.45) is 1.80. The lowest BCUT2D eigenvalue weighted by Gasteiger charge is -2.12. The van der Waals surface area contributed by atoms with Gasteiger partial charge in [-0.2, -0.15) is 0 Å². The summed E-state index contributed by atoms with van der Waals surface area (Å²) in [5, 5.41) is 15.6. The Labute approximate surface area is 229 Å². The van der Waals surface area contributed by atoms with E-state index in [0.29, 0.717) is 27.1 Å². The fourth-order valence-electron chi connectivity index (χ4n) is 3.83. The second-order valence-electron chi connectivity index (χ2n) is 8.56. The topological polar surface area (TPSA) is 108 Å². The van der Waals surface area contributed by atoms with Gasteiger partial charge in [0.15, 0.2) is 5.78 Å². The molecule has 1 unspecified atom stereocenters. The molecule has 7 nitrogen and oxygen atoms in total. The number of carboxylic acids is 1. The summed E-state index contributed by atoms with van der Waals surface area (Å²) in [6, 6.07) is 23.8.